The number of benzene rings is 2. The number of hydrogen-bond donors (Lipinski definition) is 1. The minimum atomic E-state index is -0.570. The lowest BCUT2D eigenvalue weighted by atomic mass is 10.0. The molecule has 0 radical (unpaired) electrons. The van der Waals surface area contributed by atoms with Crippen molar-refractivity contribution in [1.82, 2.24) is 4.90 Å². The van der Waals surface area contributed by atoms with Crippen molar-refractivity contribution in [3.05, 3.63) is 59.7 Å². The number of hydrogen-bond acceptors (Lipinski definition) is 2. The van der Waals surface area contributed by atoms with Gasteiger partial charge in [-0.1, -0.05) is 18.2 Å². The minimum Gasteiger partial charge on any atom is -0.396 e. The highest BCUT2D eigenvalue weighted by molar-refractivity contribution is 5.95. The van der Waals surface area contributed by atoms with Crippen LogP contribution in [-0.2, 0) is 0 Å². The molecule has 1 amide bonds. The summed E-state index contributed by atoms with van der Waals surface area (Å²) in [4.78, 5) is 14.4. The Morgan fingerprint density at radius 2 is 1.84 bits per heavy atom. The Hall–Kier alpha value is -2.27. The van der Waals surface area contributed by atoms with Crippen LogP contribution >= 0.6 is 0 Å². The summed E-state index contributed by atoms with van der Waals surface area (Å²) in [5, 5.41) is 8.98. The molecule has 1 saturated heterocycles. The van der Waals surface area contributed by atoms with E-state index in [1.807, 2.05) is 0 Å². The first-order valence-corrected chi connectivity index (χ1v) is 8.57. The van der Waals surface area contributed by atoms with Crippen LogP contribution in [0.25, 0.3) is 11.1 Å². The van der Waals surface area contributed by atoms with E-state index in [0.29, 0.717) is 24.1 Å². The van der Waals surface area contributed by atoms with Crippen molar-refractivity contribution in [3.8, 4) is 11.1 Å². The van der Waals surface area contributed by atoms with Gasteiger partial charge in [-0.2, -0.15) is 0 Å². The number of carbonyl (C=O) groups is 1. The lowest BCUT2D eigenvalue weighted by molar-refractivity contribution is 0.0720. The molecule has 5 heteroatoms. The molecule has 0 aliphatic carbocycles. The molecule has 0 aromatic heterocycles. The first-order valence-electron chi connectivity index (χ1n) is 8.57. The minimum absolute atomic E-state index is 0.0572. The van der Waals surface area contributed by atoms with E-state index in [1.54, 1.807) is 23.1 Å². The zero-order valence-electron chi connectivity index (χ0n) is 13.9. The molecule has 3 rings (SSSR count). The van der Waals surface area contributed by atoms with Gasteiger partial charge in [-0.25, -0.2) is 8.78 Å². The molecular formula is C20H21F2NO2. The van der Waals surface area contributed by atoms with Crippen molar-refractivity contribution in [2.45, 2.75) is 31.7 Å². The summed E-state index contributed by atoms with van der Waals surface area (Å²) >= 11 is 0. The van der Waals surface area contributed by atoms with Crippen LogP contribution in [0.3, 0.4) is 0 Å². The summed E-state index contributed by atoms with van der Waals surface area (Å²) in [6, 6.07) is 10.4. The van der Waals surface area contributed by atoms with Crippen molar-refractivity contribution < 1.29 is 18.7 Å². The van der Waals surface area contributed by atoms with Gasteiger partial charge in [0.25, 0.3) is 5.91 Å². The highest BCUT2D eigenvalue weighted by Crippen LogP contribution is 2.27. The van der Waals surface area contributed by atoms with Crippen LogP contribution in [0.5, 0.6) is 0 Å². The molecule has 1 unspecified atom stereocenters. The van der Waals surface area contributed by atoms with Crippen molar-refractivity contribution >= 4 is 5.91 Å². The quantitative estimate of drug-likeness (QED) is 0.889. The maximum Gasteiger partial charge on any atom is 0.257 e. The van der Waals surface area contributed by atoms with Gasteiger partial charge in [0, 0.05) is 19.2 Å². The third-order valence-electron chi connectivity index (χ3n) is 4.71. The second-order valence-corrected chi connectivity index (χ2v) is 6.36. The summed E-state index contributed by atoms with van der Waals surface area (Å²) in [6.45, 7) is 0.716. The van der Waals surface area contributed by atoms with Crippen molar-refractivity contribution in [3.63, 3.8) is 0 Å². The van der Waals surface area contributed by atoms with Crippen molar-refractivity contribution in [2.75, 3.05) is 13.2 Å². The molecule has 1 aliphatic rings. The van der Waals surface area contributed by atoms with E-state index in [4.69, 9.17) is 5.11 Å². The monoisotopic (exact) mass is 345 g/mol. The zero-order chi connectivity index (χ0) is 17.8. The second kappa shape index (κ2) is 7.74. The number of amides is 1. The predicted octanol–water partition coefficient (Wildman–Crippen LogP) is 4.01. The maximum absolute atomic E-state index is 14.5. The summed E-state index contributed by atoms with van der Waals surface area (Å²) < 4.78 is 27.5. The number of carbonyl (C=O) groups excluding carboxylic acids is 1. The molecule has 0 saturated carbocycles. The van der Waals surface area contributed by atoms with Gasteiger partial charge in [-0.3, -0.25) is 4.79 Å². The van der Waals surface area contributed by atoms with E-state index >= 15 is 0 Å². The number of aliphatic hydroxyl groups excluding tert-OH is 1. The van der Waals surface area contributed by atoms with Gasteiger partial charge in [0.05, 0.1) is 5.56 Å². The van der Waals surface area contributed by atoms with Gasteiger partial charge >= 0.3 is 0 Å². The lowest BCUT2D eigenvalue weighted by Crippen LogP contribution is -2.36. The highest BCUT2D eigenvalue weighted by Gasteiger charge is 2.30. The molecular weight excluding hydrogens is 324 g/mol. The molecule has 3 nitrogen and oxygen atoms in total. The number of rotatable bonds is 5. The van der Waals surface area contributed by atoms with Crippen LogP contribution in [-0.4, -0.2) is 35.1 Å². The molecule has 2 aromatic rings. The van der Waals surface area contributed by atoms with Gasteiger partial charge in [-0.05, 0) is 61.1 Å². The van der Waals surface area contributed by atoms with E-state index < -0.39 is 5.82 Å². The Labute approximate surface area is 145 Å². The van der Waals surface area contributed by atoms with Crippen molar-refractivity contribution in [2.24, 2.45) is 0 Å². The normalized spacial score (nSPS) is 17.1. The summed E-state index contributed by atoms with van der Waals surface area (Å²) in [5.41, 5.74) is 1.36. The number of nitrogens with zero attached hydrogens (tertiary/aromatic N) is 1. The largest absolute Gasteiger partial charge is 0.396 e. The molecule has 1 atom stereocenters. The zero-order valence-corrected chi connectivity index (χ0v) is 13.9. The lowest BCUT2D eigenvalue weighted by Gasteiger charge is -2.25. The third kappa shape index (κ3) is 3.87. The second-order valence-electron chi connectivity index (χ2n) is 6.36. The fraction of sp³-hybridized carbons (Fsp3) is 0.350. The average molecular weight is 345 g/mol. The molecule has 1 fully saturated rings. The third-order valence-corrected chi connectivity index (χ3v) is 4.71. The van der Waals surface area contributed by atoms with Crippen LogP contribution < -0.4 is 0 Å². The van der Waals surface area contributed by atoms with E-state index in [0.717, 1.165) is 19.3 Å². The highest BCUT2D eigenvalue weighted by atomic mass is 19.1. The first-order chi connectivity index (χ1) is 12.1. The summed E-state index contributed by atoms with van der Waals surface area (Å²) in [5.74, 6) is -1.22. The van der Waals surface area contributed by atoms with Crippen LogP contribution in [0.4, 0.5) is 8.78 Å². The Bertz CT molecular complexity index is 746. The van der Waals surface area contributed by atoms with Gasteiger partial charge < -0.3 is 10.0 Å². The van der Waals surface area contributed by atoms with E-state index in [2.05, 4.69) is 0 Å². The molecule has 25 heavy (non-hydrogen) atoms. The fourth-order valence-corrected chi connectivity index (χ4v) is 3.40. The topological polar surface area (TPSA) is 40.5 Å². The first kappa shape index (κ1) is 17.5. The standard InChI is InChI=1S/C20H21F2NO2/c21-16-8-5-14(6-9-16)15-7-10-18(19(22)13-15)20(25)23-11-1-3-17(23)4-2-12-24/h5-10,13,17,24H,1-4,11-12H2. The van der Waals surface area contributed by atoms with Crippen molar-refractivity contribution in [1.29, 1.82) is 0 Å². The van der Waals surface area contributed by atoms with Gasteiger partial charge in [0.2, 0.25) is 0 Å². The number of halogens is 2. The predicted molar refractivity (Wildman–Crippen MR) is 92.2 cm³/mol. The average Bonchev–Trinajstić information content (AvgIpc) is 3.08. The van der Waals surface area contributed by atoms with Crippen LogP contribution in [0, 0.1) is 11.6 Å². The summed E-state index contributed by atoms with van der Waals surface area (Å²) in [6.07, 6.45) is 3.16. The molecule has 1 aliphatic heterocycles. The molecule has 132 valence electrons. The van der Waals surface area contributed by atoms with Crippen LogP contribution in [0.2, 0.25) is 0 Å². The number of likely N-dealkylation sites (tertiary alicyclic amines) is 1. The molecule has 1 heterocycles. The van der Waals surface area contributed by atoms with Crippen LogP contribution in [0.1, 0.15) is 36.0 Å². The molecule has 2 aromatic carbocycles. The molecule has 0 bridgehead atoms. The van der Waals surface area contributed by atoms with Gasteiger partial charge in [-0.15, -0.1) is 0 Å². The Morgan fingerprint density at radius 3 is 2.52 bits per heavy atom. The Morgan fingerprint density at radius 1 is 1.12 bits per heavy atom. The Kier molecular flexibility index (Phi) is 5.43. The molecule has 1 N–H and O–H groups in total. The van der Waals surface area contributed by atoms with E-state index in [9.17, 15) is 13.6 Å². The van der Waals surface area contributed by atoms with E-state index in [1.165, 1.54) is 24.3 Å². The Balaban J connectivity index is 1.80. The van der Waals surface area contributed by atoms with Gasteiger partial charge in [0.15, 0.2) is 0 Å². The molecule has 0 spiro atoms. The maximum atomic E-state index is 14.5. The SMILES string of the molecule is O=C(c1ccc(-c2ccc(F)cc2)cc1F)N1CCCC1CCCO. The van der Waals surface area contributed by atoms with Crippen LogP contribution in [0.15, 0.2) is 42.5 Å². The van der Waals surface area contributed by atoms with Gasteiger partial charge in [0.1, 0.15) is 11.6 Å². The fourth-order valence-electron chi connectivity index (χ4n) is 3.40. The smallest absolute Gasteiger partial charge is 0.257 e. The number of aliphatic hydroxyl groups is 1. The summed E-state index contributed by atoms with van der Waals surface area (Å²) in [7, 11) is 0. The van der Waals surface area contributed by atoms with E-state index in [-0.39, 0.29) is 29.9 Å².